The summed E-state index contributed by atoms with van der Waals surface area (Å²) in [5.41, 5.74) is 5.90. The molecule has 0 spiro atoms. The molecule has 2 aliphatic rings. The predicted octanol–water partition coefficient (Wildman–Crippen LogP) is 0.739. The van der Waals surface area contributed by atoms with Crippen molar-refractivity contribution in [1.29, 1.82) is 0 Å². The summed E-state index contributed by atoms with van der Waals surface area (Å²) in [6.45, 7) is 3.63. The number of carbonyl (C=O) groups excluding carboxylic acids is 1. The first kappa shape index (κ1) is 13.8. The molecule has 2 unspecified atom stereocenters. The van der Waals surface area contributed by atoms with E-state index in [4.69, 9.17) is 5.73 Å². The van der Waals surface area contributed by atoms with Crippen molar-refractivity contribution in [3.63, 3.8) is 0 Å². The molecule has 2 saturated heterocycles. The summed E-state index contributed by atoms with van der Waals surface area (Å²) in [5.74, 6) is 0.558. The zero-order chi connectivity index (χ0) is 15.0. The molecule has 7 heteroatoms. The second-order valence-electron chi connectivity index (χ2n) is 5.74. The normalized spacial score (nSPS) is 24.7. The Bertz CT molecular complexity index is 590. The molecule has 21 heavy (non-hydrogen) atoms. The first-order chi connectivity index (χ1) is 10.1. The van der Waals surface area contributed by atoms with Crippen LogP contribution < -0.4 is 16.0 Å². The van der Waals surface area contributed by atoms with Crippen molar-refractivity contribution in [2.45, 2.75) is 6.42 Å². The lowest BCUT2D eigenvalue weighted by atomic mass is 9.88. The molecule has 0 radical (unpaired) electrons. The van der Waals surface area contributed by atoms with Crippen LogP contribution >= 0.6 is 0 Å². The van der Waals surface area contributed by atoms with Gasteiger partial charge < -0.3 is 16.0 Å². The molecule has 0 aliphatic carbocycles. The Balaban J connectivity index is 1.90. The minimum atomic E-state index is -0.650. The van der Waals surface area contributed by atoms with Crippen molar-refractivity contribution >= 4 is 17.3 Å². The van der Waals surface area contributed by atoms with Crippen LogP contribution in [0.25, 0.3) is 0 Å². The number of anilines is 1. The molecule has 2 aliphatic heterocycles. The lowest BCUT2D eigenvalue weighted by Crippen LogP contribution is -2.40. The van der Waals surface area contributed by atoms with Crippen LogP contribution in [0.5, 0.6) is 0 Å². The van der Waals surface area contributed by atoms with E-state index in [0.717, 1.165) is 32.6 Å². The molecule has 1 amide bonds. The van der Waals surface area contributed by atoms with Crippen LogP contribution in [0.4, 0.5) is 11.4 Å². The van der Waals surface area contributed by atoms with E-state index in [9.17, 15) is 14.9 Å². The maximum Gasteiger partial charge on any atom is 0.293 e. The average Bonchev–Trinajstić information content (AvgIpc) is 2.93. The summed E-state index contributed by atoms with van der Waals surface area (Å²) in [4.78, 5) is 24.1. The van der Waals surface area contributed by atoms with Gasteiger partial charge in [0.05, 0.1) is 4.92 Å². The SMILES string of the molecule is NC(=O)c1ccc(N2CCC3CNCC3C2)c([N+](=O)[O-])c1. The van der Waals surface area contributed by atoms with Gasteiger partial charge in [-0.25, -0.2) is 0 Å². The van der Waals surface area contributed by atoms with E-state index in [1.54, 1.807) is 12.1 Å². The smallest absolute Gasteiger partial charge is 0.293 e. The van der Waals surface area contributed by atoms with E-state index >= 15 is 0 Å². The minimum absolute atomic E-state index is 0.0456. The van der Waals surface area contributed by atoms with Gasteiger partial charge in [-0.3, -0.25) is 14.9 Å². The van der Waals surface area contributed by atoms with Gasteiger partial charge >= 0.3 is 0 Å². The average molecular weight is 290 g/mol. The van der Waals surface area contributed by atoms with Crippen LogP contribution in [-0.2, 0) is 0 Å². The maximum atomic E-state index is 11.3. The topological polar surface area (TPSA) is 102 Å². The molecule has 2 heterocycles. The third-order valence-corrected chi connectivity index (χ3v) is 4.50. The molecular weight excluding hydrogens is 272 g/mol. The van der Waals surface area contributed by atoms with Gasteiger partial charge in [-0.1, -0.05) is 0 Å². The number of nitrogens with two attached hydrogens (primary N) is 1. The summed E-state index contributed by atoms with van der Waals surface area (Å²) in [5, 5.41) is 14.7. The summed E-state index contributed by atoms with van der Waals surface area (Å²) in [6.07, 6.45) is 1.03. The molecule has 7 nitrogen and oxygen atoms in total. The van der Waals surface area contributed by atoms with Crippen LogP contribution in [-0.4, -0.2) is 37.0 Å². The third kappa shape index (κ3) is 2.56. The second-order valence-corrected chi connectivity index (χ2v) is 5.74. The number of amides is 1. The molecule has 1 aromatic rings. The van der Waals surface area contributed by atoms with Crippen LogP contribution in [0.3, 0.4) is 0 Å². The molecule has 3 rings (SSSR count). The van der Waals surface area contributed by atoms with Crippen molar-refractivity contribution in [1.82, 2.24) is 5.32 Å². The molecule has 112 valence electrons. The van der Waals surface area contributed by atoms with Gasteiger partial charge in [-0.05, 0) is 43.5 Å². The van der Waals surface area contributed by atoms with Crippen LogP contribution in [0.1, 0.15) is 16.8 Å². The Morgan fingerprint density at radius 1 is 1.38 bits per heavy atom. The maximum absolute atomic E-state index is 11.3. The van der Waals surface area contributed by atoms with Crippen molar-refractivity contribution in [3.8, 4) is 0 Å². The highest BCUT2D eigenvalue weighted by molar-refractivity contribution is 5.94. The van der Waals surface area contributed by atoms with Crippen LogP contribution in [0, 0.1) is 22.0 Å². The van der Waals surface area contributed by atoms with Crippen LogP contribution in [0.2, 0.25) is 0 Å². The first-order valence-electron chi connectivity index (χ1n) is 7.10. The van der Waals surface area contributed by atoms with Gasteiger partial charge in [-0.15, -0.1) is 0 Å². The number of hydrogen-bond donors (Lipinski definition) is 2. The number of carbonyl (C=O) groups is 1. The van der Waals surface area contributed by atoms with E-state index in [2.05, 4.69) is 10.2 Å². The number of nitro benzene ring substituents is 1. The molecule has 1 aromatic carbocycles. The van der Waals surface area contributed by atoms with Crippen molar-refractivity contribution < 1.29 is 9.72 Å². The Labute approximate surface area is 122 Å². The van der Waals surface area contributed by atoms with E-state index in [-0.39, 0.29) is 11.3 Å². The van der Waals surface area contributed by atoms with Gasteiger partial charge in [0.15, 0.2) is 0 Å². The number of nitro groups is 1. The first-order valence-corrected chi connectivity index (χ1v) is 7.10. The summed E-state index contributed by atoms with van der Waals surface area (Å²) >= 11 is 0. The summed E-state index contributed by atoms with van der Waals surface area (Å²) in [7, 11) is 0. The largest absolute Gasteiger partial charge is 0.366 e. The van der Waals surface area contributed by atoms with E-state index in [1.807, 2.05) is 0 Å². The fourth-order valence-corrected chi connectivity index (χ4v) is 3.34. The Morgan fingerprint density at radius 3 is 2.86 bits per heavy atom. The number of fused-ring (bicyclic) bond motifs is 1. The highest BCUT2D eigenvalue weighted by Crippen LogP contribution is 2.35. The Kier molecular flexibility index (Phi) is 3.50. The summed E-state index contributed by atoms with van der Waals surface area (Å²) in [6, 6.07) is 4.47. The highest BCUT2D eigenvalue weighted by atomic mass is 16.6. The van der Waals surface area contributed by atoms with Gasteiger partial charge in [0.25, 0.3) is 5.69 Å². The quantitative estimate of drug-likeness (QED) is 0.631. The fourth-order valence-electron chi connectivity index (χ4n) is 3.34. The Hall–Kier alpha value is -2.15. The monoisotopic (exact) mass is 290 g/mol. The number of piperidine rings is 1. The van der Waals surface area contributed by atoms with Crippen molar-refractivity contribution in [2.75, 3.05) is 31.1 Å². The van der Waals surface area contributed by atoms with E-state index in [1.165, 1.54) is 6.07 Å². The minimum Gasteiger partial charge on any atom is -0.366 e. The number of rotatable bonds is 3. The Morgan fingerprint density at radius 2 is 2.14 bits per heavy atom. The van der Waals surface area contributed by atoms with Gasteiger partial charge in [0.2, 0.25) is 5.91 Å². The van der Waals surface area contributed by atoms with E-state index < -0.39 is 10.8 Å². The number of nitrogens with one attached hydrogen (secondary N) is 1. The number of primary amides is 1. The summed E-state index contributed by atoms with van der Waals surface area (Å²) < 4.78 is 0. The molecule has 0 saturated carbocycles. The lowest BCUT2D eigenvalue weighted by molar-refractivity contribution is -0.384. The molecule has 2 atom stereocenters. The zero-order valence-corrected chi connectivity index (χ0v) is 11.6. The zero-order valence-electron chi connectivity index (χ0n) is 11.6. The molecule has 0 aromatic heterocycles. The molecule has 2 fully saturated rings. The third-order valence-electron chi connectivity index (χ3n) is 4.50. The number of hydrogen-bond acceptors (Lipinski definition) is 5. The number of benzene rings is 1. The van der Waals surface area contributed by atoms with Crippen LogP contribution in [0.15, 0.2) is 18.2 Å². The van der Waals surface area contributed by atoms with Gasteiger partial charge in [-0.2, -0.15) is 0 Å². The number of nitrogens with zero attached hydrogens (tertiary/aromatic N) is 2. The molecule has 3 N–H and O–H groups in total. The van der Waals surface area contributed by atoms with Gasteiger partial charge in [0.1, 0.15) is 5.69 Å². The molecule has 0 bridgehead atoms. The highest BCUT2D eigenvalue weighted by Gasteiger charge is 2.34. The predicted molar refractivity (Wildman–Crippen MR) is 78.3 cm³/mol. The fraction of sp³-hybridized carbons (Fsp3) is 0.500. The standard InChI is InChI=1S/C14H18N4O3/c15-14(19)9-1-2-12(13(5-9)18(20)21)17-4-3-10-6-16-7-11(10)8-17/h1-2,5,10-11,16H,3-4,6-8H2,(H2,15,19). The van der Waals surface area contributed by atoms with E-state index in [0.29, 0.717) is 17.5 Å². The van der Waals surface area contributed by atoms with Crippen molar-refractivity contribution in [2.24, 2.45) is 17.6 Å². The second kappa shape index (κ2) is 5.33. The molecular formula is C14H18N4O3. The van der Waals surface area contributed by atoms with Crippen molar-refractivity contribution in [3.05, 3.63) is 33.9 Å². The van der Waals surface area contributed by atoms with Gasteiger partial charge in [0, 0.05) is 24.7 Å². The lowest BCUT2D eigenvalue weighted by Gasteiger charge is -2.35.